The molecule has 1 aliphatic rings. The number of nitrogens with one attached hydrogen (secondary N) is 1. The number of rotatable bonds is 4. The van der Waals surface area contributed by atoms with Crippen LogP contribution < -0.4 is 15.8 Å². The Morgan fingerprint density at radius 1 is 1.59 bits per heavy atom. The van der Waals surface area contributed by atoms with Crippen molar-refractivity contribution in [2.75, 3.05) is 18.9 Å². The molecule has 4 N–H and O–H groups in total. The van der Waals surface area contributed by atoms with Gasteiger partial charge >= 0.3 is 5.97 Å². The van der Waals surface area contributed by atoms with E-state index in [1.165, 1.54) is 6.07 Å². The minimum atomic E-state index is -1.02. The third-order valence-corrected chi connectivity index (χ3v) is 2.84. The van der Waals surface area contributed by atoms with E-state index in [1.807, 2.05) is 0 Å². The van der Waals surface area contributed by atoms with Crippen LogP contribution in [0.15, 0.2) is 18.2 Å². The molecule has 0 radical (unpaired) electrons. The lowest BCUT2D eigenvalue weighted by molar-refractivity contribution is 0.0692. The van der Waals surface area contributed by atoms with Gasteiger partial charge in [-0.2, -0.15) is 0 Å². The monoisotopic (exact) mass is 236 g/mol. The maximum Gasteiger partial charge on any atom is 0.339 e. The fourth-order valence-electron chi connectivity index (χ4n) is 1.93. The van der Waals surface area contributed by atoms with Crippen molar-refractivity contribution in [2.24, 2.45) is 0 Å². The zero-order chi connectivity index (χ0) is 12.3. The first-order valence-electron chi connectivity index (χ1n) is 5.66. The molecule has 1 aliphatic heterocycles. The number of ether oxygens (including phenoxy) is 1. The van der Waals surface area contributed by atoms with Crippen molar-refractivity contribution in [3.8, 4) is 5.75 Å². The Balaban J connectivity index is 2.06. The van der Waals surface area contributed by atoms with Gasteiger partial charge in [-0.05, 0) is 37.6 Å². The highest BCUT2D eigenvalue weighted by atomic mass is 16.5. The van der Waals surface area contributed by atoms with E-state index < -0.39 is 5.97 Å². The van der Waals surface area contributed by atoms with E-state index in [0.717, 1.165) is 19.4 Å². The number of carboxylic acids is 1. The standard InChI is InChI=1S/C12H16N2O3/c13-8-3-4-11(10(6-8)12(15)16)17-7-9-2-1-5-14-9/h3-4,6,9,14H,1-2,5,7,13H2,(H,15,16). The van der Waals surface area contributed by atoms with Gasteiger partial charge < -0.3 is 20.9 Å². The fraction of sp³-hybridized carbons (Fsp3) is 0.417. The Bertz CT molecular complexity index is 414. The number of nitrogens with two attached hydrogens (primary N) is 1. The number of hydrogen-bond donors (Lipinski definition) is 3. The second kappa shape index (κ2) is 5.05. The van der Waals surface area contributed by atoms with Gasteiger partial charge in [-0.15, -0.1) is 0 Å². The number of carboxylic acid groups (broad SMARTS) is 1. The molecule has 5 heteroatoms. The second-order valence-corrected chi connectivity index (χ2v) is 4.17. The predicted molar refractivity (Wildman–Crippen MR) is 64.3 cm³/mol. The summed E-state index contributed by atoms with van der Waals surface area (Å²) in [5.41, 5.74) is 6.09. The van der Waals surface area contributed by atoms with Crippen LogP contribution >= 0.6 is 0 Å². The summed E-state index contributed by atoms with van der Waals surface area (Å²) in [5, 5.41) is 12.3. The Kier molecular flexibility index (Phi) is 3.49. The van der Waals surface area contributed by atoms with Crippen LogP contribution in [-0.2, 0) is 0 Å². The van der Waals surface area contributed by atoms with Gasteiger partial charge in [-0.25, -0.2) is 4.79 Å². The Morgan fingerprint density at radius 2 is 2.41 bits per heavy atom. The number of nitrogen functional groups attached to an aromatic ring is 1. The SMILES string of the molecule is Nc1ccc(OCC2CCCN2)c(C(=O)O)c1. The molecule has 92 valence electrons. The van der Waals surface area contributed by atoms with Crippen LogP contribution in [0.2, 0.25) is 0 Å². The second-order valence-electron chi connectivity index (χ2n) is 4.17. The minimum absolute atomic E-state index is 0.114. The quantitative estimate of drug-likeness (QED) is 0.682. The van der Waals surface area contributed by atoms with Crippen LogP contribution in [0, 0.1) is 0 Å². The molecular formula is C12H16N2O3. The van der Waals surface area contributed by atoms with E-state index >= 15 is 0 Å². The first-order chi connectivity index (χ1) is 8.16. The average molecular weight is 236 g/mol. The third-order valence-electron chi connectivity index (χ3n) is 2.84. The zero-order valence-corrected chi connectivity index (χ0v) is 9.48. The Morgan fingerprint density at radius 3 is 3.06 bits per heavy atom. The van der Waals surface area contributed by atoms with E-state index in [9.17, 15) is 4.79 Å². The highest BCUT2D eigenvalue weighted by molar-refractivity contribution is 5.92. The fourth-order valence-corrected chi connectivity index (χ4v) is 1.93. The van der Waals surface area contributed by atoms with E-state index in [-0.39, 0.29) is 5.56 Å². The Labute approximate surface area is 99.6 Å². The molecule has 1 heterocycles. The maximum atomic E-state index is 11.0. The molecule has 0 spiro atoms. The van der Waals surface area contributed by atoms with Gasteiger partial charge in [0, 0.05) is 11.7 Å². The number of hydrogen-bond acceptors (Lipinski definition) is 4. The first-order valence-corrected chi connectivity index (χ1v) is 5.66. The summed E-state index contributed by atoms with van der Waals surface area (Å²) in [5.74, 6) is -0.646. The molecule has 1 atom stereocenters. The number of aromatic carboxylic acids is 1. The number of benzene rings is 1. The summed E-state index contributed by atoms with van der Waals surface area (Å²) in [7, 11) is 0. The van der Waals surface area contributed by atoms with Crippen LogP contribution in [0.4, 0.5) is 5.69 Å². The molecule has 1 fully saturated rings. The van der Waals surface area contributed by atoms with Crippen molar-refractivity contribution < 1.29 is 14.6 Å². The van der Waals surface area contributed by atoms with Gasteiger partial charge in [0.25, 0.3) is 0 Å². The highest BCUT2D eigenvalue weighted by Gasteiger charge is 2.17. The van der Waals surface area contributed by atoms with Gasteiger partial charge in [0.1, 0.15) is 17.9 Å². The molecule has 0 amide bonds. The average Bonchev–Trinajstić information content (AvgIpc) is 2.80. The highest BCUT2D eigenvalue weighted by Crippen LogP contribution is 2.22. The molecule has 0 bridgehead atoms. The van der Waals surface area contributed by atoms with Crippen LogP contribution in [0.5, 0.6) is 5.75 Å². The van der Waals surface area contributed by atoms with Crippen LogP contribution in [0.25, 0.3) is 0 Å². The lowest BCUT2D eigenvalue weighted by atomic mass is 10.2. The largest absolute Gasteiger partial charge is 0.491 e. The van der Waals surface area contributed by atoms with E-state index in [1.54, 1.807) is 12.1 Å². The molecule has 17 heavy (non-hydrogen) atoms. The van der Waals surface area contributed by atoms with Gasteiger partial charge in [-0.1, -0.05) is 0 Å². The van der Waals surface area contributed by atoms with Gasteiger partial charge in [0.15, 0.2) is 0 Å². The van der Waals surface area contributed by atoms with Crippen LogP contribution in [-0.4, -0.2) is 30.3 Å². The lowest BCUT2D eigenvalue weighted by Crippen LogP contribution is -2.28. The lowest BCUT2D eigenvalue weighted by Gasteiger charge is -2.14. The van der Waals surface area contributed by atoms with Crippen LogP contribution in [0.1, 0.15) is 23.2 Å². The van der Waals surface area contributed by atoms with Gasteiger partial charge in [0.2, 0.25) is 0 Å². The zero-order valence-electron chi connectivity index (χ0n) is 9.48. The Hall–Kier alpha value is -1.75. The third kappa shape index (κ3) is 2.88. The molecule has 1 aromatic rings. The first kappa shape index (κ1) is 11.7. The van der Waals surface area contributed by atoms with Crippen molar-refractivity contribution in [1.82, 2.24) is 5.32 Å². The number of carbonyl (C=O) groups is 1. The topological polar surface area (TPSA) is 84.6 Å². The van der Waals surface area contributed by atoms with Crippen molar-refractivity contribution in [1.29, 1.82) is 0 Å². The van der Waals surface area contributed by atoms with Crippen molar-refractivity contribution >= 4 is 11.7 Å². The summed E-state index contributed by atoms with van der Waals surface area (Å²) in [6.45, 7) is 1.49. The predicted octanol–water partition coefficient (Wildman–Crippen LogP) is 1.10. The molecule has 0 aromatic heterocycles. The van der Waals surface area contributed by atoms with Crippen molar-refractivity contribution in [3.05, 3.63) is 23.8 Å². The molecule has 1 aromatic carbocycles. The van der Waals surface area contributed by atoms with E-state index in [4.69, 9.17) is 15.6 Å². The molecule has 0 aliphatic carbocycles. The van der Waals surface area contributed by atoms with E-state index in [2.05, 4.69) is 5.32 Å². The normalized spacial score (nSPS) is 19.2. The molecule has 5 nitrogen and oxygen atoms in total. The summed E-state index contributed by atoms with van der Waals surface area (Å²) in [4.78, 5) is 11.0. The molecule has 1 saturated heterocycles. The molecule has 0 saturated carbocycles. The van der Waals surface area contributed by atoms with E-state index in [0.29, 0.717) is 24.1 Å². The molecule has 1 unspecified atom stereocenters. The number of anilines is 1. The molecule has 2 rings (SSSR count). The van der Waals surface area contributed by atoms with Gasteiger partial charge in [0.05, 0.1) is 0 Å². The smallest absolute Gasteiger partial charge is 0.339 e. The minimum Gasteiger partial charge on any atom is -0.491 e. The summed E-state index contributed by atoms with van der Waals surface area (Å²) >= 11 is 0. The van der Waals surface area contributed by atoms with Gasteiger partial charge in [-0.3, -0.25) is 0 Å². The van der Waals surface area contributed by atoms with Crippen molar-refractivity contribution in [2.45, 2.75) is 18.9 Å². The maximum absolute atomic E-state index is 11.0. The summed E-state index contributed by atoms with van der Waals surface area (Å²) < 4.78 is 5.54. The molecular weight excluding hydrogens is 220 g/mol. The van der Waals surface area contributed by atoms with Crippen LogP contribution in [0.3, 0.4) is 0 Å². The summed E-state index contributed by atoms with van der Waals surface area (Å²) in [6.07, 6.45) is 2.21. The van der Waals surface area contributed by atoms with Crippen molar-refractivity contribution in [3.63, 3.8) is 0 Å². The summed E-state index contributed by atoms with van der Waals surface area (Å²) in [6, 6.07) is 4.98.